The number of hydrogen-bond donors (Lipinski definition) is 0. The molecular formula is C11H11Cl3. The van der Waals surface area contributed by atoms with Gasteiger partial charge in [0, 0.05) is 10.0 Å². The third kappa shape index (κ3) is 2.03. The molecule has 0 nitrogen and oxygen atoms in total. The van der Waals surface area contributed by atoms with E-state index >= 15 is 0 Å². The van der Waals surface area contributed by atoms with E-state index in [0.717, 1.165) is 36.3 Å². The van der Waals surface area contributed by atoms with Crippen LogP contribution < -0.4 is 0 Å². The van der Waals surface area contributed by atoms with Crippen molar-refractivity contribution in [2.45, 2.75) is 31.1 Å². The zero-order valence-corrected chi connectivity index (χ0v) is 9.96. The summed E-state index contributed by atoms with van der Waals surface area (Å²) in [6.07, 6.45) is 4.37. The average molecular weight is 250 g/mol. The van der Waals surface area contributed by atoms with Crippen LogP contribution in [0.5, 0.6) is 0 Å². The van der Waals surface area contributed by atoms with E-state index in [2.05, 4.69) is 0 Å². The van der Waals surface area contributed by atoms with Gasteiger partial charge in [-0.1, -0.05) is 29.6 Å². The van der Waals surface area contributed by atoms with E-state index in [9.17, 15) is 0 Å². The van der Waals surface area contributed by atoms with Crippen LogP contribution in [-0.2, 0) is 6.42 Å². The van der Waals surface area contributed by atoms with Crippen LogP contribution in [0, 0.1) is 0 Å². The summed E-state index contributed by atoms with van der Waals surface area (Å²) in [4.78, 5) is 0. The molecule has 76 valence electrons. The lowest BCUT2D eigenvalue weighted by Gasteiger charge is -2.12. The van der Waals surface area contributed by atoms with Gasteiger partial charge >= 0.3 is 0 Å². The molecule has 0 heterocycles. The molecule has 1 aromatic carbocycles. The highest BCUT2D eigenvalue weighted by atomic mass is 35.5. The van der Waals surface area contributed by atoms with Crippen molar-refractivity contribution in [2.24, 2.45) is 0 Å². The molecule has 0 amide bonds. The first kappa shape index (κ1) is 10.6. The number of hydrogen-bond acceptors (Lipinski definition) is 0. The summed E-state index contributed by atoms with van der Waals surface area (Å²) in [6, 6.07) is 3.75. The van der Waals surface area contributed by atoms with E-state index in [1.54, 1.807) is 6.07 Å². The number of benzene rings is 1. The minimum atomic E-state index is 0.0729. The molecule has 1 unspecified atom stereocenters. The van der Waals surface area contributed by atoms with E-state index in [1.807, 2.05) is 6.07 Å². The molecule has 0 aromatic heterocycles. The molecule has 2 rings (SSSR count). The van der Waals surface area contributed by atoms with Crippen LogP contribution in [0.25, 0.3) is 0 Å². The van der Waals surface area contributed by atoms with Crippen molar-refractivity contribution in [3.63, 3.8) is 0 Å². The van der Waals surface area contributed by atoms with Gasteiger partial charge < -0.3 is 0 Å². The summed E-state index contributed by atoms with van der Waals surface area (Å²) in [5.41, 5.74) is 2.32. The van der Waals surface area contributed by atoms with Crippen LogP contribution >= 0.6 is 34.8 Å². The van der Waals surface area contributed by atoms with E-state index < -0.39 is 0 Å². The predicted octanol–water partition coefficient (Wildman–Crippen LogP) is 5.00. The molecule has 1 aromatic rings. The maximum atomic E-state index is 6.28. The molecule has 14 heavy (non-hydrogen) atoms. The normalized spacial score (nSPS) is 21.5. The SMILES string of the molecule is Clc1cc(Cl)c2c(c1)C(Cl)CCCC2. The second-order valence-corrected chi connectivity index (χ2v) is 5.04. The Morgan fingerprint density at radius 2 is 1.93 bits per heavy atom. The Bertz CT molecular complexity index is 347. The van der Waals surface area contributed by atoms with E-state index in [4.69, 9.17) is 34.8 Å². The molecule has 1 atom stereocenters. The van der Waals surface area contributed by atoms with Crippen LogP contribution in [0.2, 0.25) is 10.0 Å². The summed E-state index contributed by atoms with van der Waals surface area (Å²) < 4.78 is 0. The first-order valence-corrected chi connectivity index (χ1v) is 5.99. The van der Waals surface area contributed by atoms with Crippen LogP contribution in [-0.4, -0.2) is 0 Å². The van der Waals surface area contributed by atoms with Gasteiger partial charge in [0.15, 0.2) is 0 Å². The minimum Gasteiger partial charge on any atom is -0.118 e. The highest BCUT2D eigenvalue weighted by molar-refractivity contribution is 6.35. The fraction of sp³-hybridized carbons (Fsp3) is 0.455. The molecule has 3 heteroatoms. The van der Waals surface area contributed by atoms with Crippen LogP contribution in [0.15, 0.2) is 12.1 Å². The molecule has 0 bridgehead atoms. The van der Waals surface area contributed by atoms with Gasteiger partial charge in [0.1, 0.15) is 0 Å². The van der Waals surface area contributed by atoms with Gasteiger partial charge in [-0.25, -0.2) is 0 Å². The molecule has 1 aliphatic carbocycles. The number of alkyl halides is 1. The summed E-state index contributed by atoms with van der Waals surface area (Å²) in [6.45, 7) is 0. The van der Waals surface area contributed by atoms with Crippen molar-refractivity contribution in [1.29, 1.82) is 0 Å². The molecule has 0 N–H and O–H groups in total. The van der Waals surface area contributed by atoms with Crippen molar-refractivity contribution in [1.82, 2.24) is 0 Å². The molecular weight excluding hydrogens is 238 g/mol. The summed E-state index contributed by atoms with van der Waals surface area (Å²) in [5, 5.41) is 1.52. The number of rotatable bonds is 0. The van der Waals surface area contributed by atoms with Crippen molar-refractivity contribution in [3.05, 3.63) is 33.3 Å². The summed E-state index contributed by atoms with van der Waals surface area (Å²) in [7, 11) is 0. The fourth-order valence-corrected chi connectivity index (χ4v) is 2.90. The number of halogens is 3. The first-order chi connectivity index (χ1) is 6.68. The van der Waals surface area contributed by atoms with E-state index in [-0.39, 0.29) is 5.38 Å². The van der Waals surface area contributed by atoms with Crippen LogP contribution in [0.1, 0.15) is 35.8 Å². The minimum absolute atomic E-state index is 0.0729. The number of fused-ring (bicyclic) bond motifs is 1. The lowest BCUT2D eigenvalue weighted by molar-refractivity contribution is 0.700. The standard InChI is InChI=1S/C11H11Cl3/c12-7-5-9-8(11(14)6-7)3-1-2-4-10(9)13/h5-6,10H,1-4H2. The smallest absolute Gasteiger partial charge is 0.0589 e. The van der Waals surface area contributed by atoms with Crippen molar-refractivity contribution in [2.75, 3.05) is 0 Å². The Labute approximate surface area is 99.2 Å². The maximum absolute atomic E-state index is 6.28. The lowest BCUT2D eigenvalue weighted by Crippen LogP contribution is -1.94. The third-order valence-electron chi connectivity index (χ3n) is 2.67. The highest BCUT2D eigenvalue weighted by Gasteiger charge is 2.19. The third-order valence-corrected chi connectivity index (χ3v) is 3.68. The fourth-order valence-electron chi connectivity index (χ4n) is 1.95. The molecule has 0 saturated carbocycles. The van der Waals surface area contributed by atoms with Gasteiger partial charge in [0.2, 0.25) is 0 Å². The summed E-state index contributed by atoms with van der Waals surface area (Å²) >= 11 is 18.4. The van der Waals surface area contributed by atoms with Gasteiger partial charge in [-0.05, 0) is 42.5 Å². The Morgan fingerprint density at radius 1 is 1.14 bits per heavy atom. The Morgan fingerprint density at radius 3 is 2.71 bits per heavy atom. The Kier molecular flexibility index (Phi) is 3.26. The van der Waals surface area contributed by atoms with Crippen LogP contribution in [0.3, 0.4) is 0 Å². The highest BCUT2D eigenvalue weighted by Crippen LogP contribution is 2.38. The van der Waals surface area contributed by atoms with Gasteiger partial charge in [-0.3, -0.25) is 0 Å². The molecule has 0 fully saturated rings. The molecule has 0 radical (unpaired) electrons. The predicted molar refractivity (Wildman–Crippen MR) is 62.6 cm³/mol. The largest absolute Gasteiger partial charge is 0.118 e. The lowest BCUT2D eigenvalue weighted by atomic mass is 10.0. The van der Waals surface area contributed by atoms with Gasteiger partial charge in [-0.2, -0.15) is 0 Å². The van der Waals surface area contributed by atoms with E-state index in [1.165, 1.54) is 5.56 Å². The maximum Gasteiger partial charge on any atom is 0.0589 e. The topological polar surface area (TPSA) is 0 Å². The van der Waals surface area contributed by atoms with Gasteiger partial charge in [-0.15, -0.1) is 11.6 Å². The molecule has 0 spiro atoms. The molecule has 0 saturated heterocycles. The molecule has 1 aliphatic rings. The van der Waals surface area contributed by atoms with Crippen molar-refractivity contribution >= 4 is 34.8 Å². The second kappa shape index (κ2) is 4.30. The Balaban J connectivity index is 2.53. The van der Waals surface area contributed by atoms with E-state index in [0.29, 0.717) is 5.02 Å². The molecule has 0 aliphatic heterocycles. The van der Waals surface area contributed by atoms with Gasteiger partial charge in [0.25, 0.3) is 0 Å². The van der Waals surface area contributed by atoms with Crippen LogP contribution in [0.4, 0.5) is 0 Å². The zero-order valence-electron chi connectivity index (χ0n) is 7.69. The first-order valence-electron chi connectivity index (χ1n) is 4.80. The quantitative estimate of drug-likeness (QED) is 0.448. The second-order valence-electron chi connectivity index (χ2n) is 3.67. The van der Waals surface area contributed by atoms with Crippen molar-refractivity contribution in [3.8, 4) is 0 Å². The summed E-state index contributed by atoms with van der Waals surface area (Å²) in [5.74, 6) is 0. The van der Waals surface area contributed by atoms with Gasteiger partial charge in [0.05, 0.1) is 5.38 Å². The average Bonchev–Trinajstić information content (AvgIpc) is 2.29. The van der Waals surface area contributed by atoms with Crippen molar-refractivity contribution < 1.29 is 0 Å². The monoisotopic (exact) mass is 248 g/mol. The zero-order chi connectivity index (χ0) is 10.1. The Hall–Kier alpha value is 0.0900.